The van der Waals surface area contributed by atoms with Gasteiger partial charge in [-0.25, -0.2) is 4.98 Å². The Kier molecular flexibility index (Phi) is 10.2. The van der Waals surface area contributed by atoms with E-state index in [-0.39, 0.29) is 26.5 Å². The van der Waals surface area contributed by atoms with Crippen molar-refractivity contribution in [1.82, 2.24) is 19.3 Å². The summed E-state index contributed by atoms with van der Waals surface area (Å²) in [5.74, 6) is 2.69. The van der Waals surface area contributed by atoms with Crippen LogP contribution in [0.1, 0.15) is 63.6 Å². The normalized spacial score (nSPS) is 11.8. The van der Waals surface area contributed by atoms with Gasteiger partial charge in [-0.05, 0) is 90.4 Å². The van der Waals surface area contributed by atoms with Crippen LogP contribution in [0.3, 0.4) is 0 Å². The molecule has 3 aromatic heterocycles. The van der Waals surface area contributed by atoms with Crippen LogP contribution in [-0.2, 0) is 33.9 Å². The number of pyridine rings is 1. The van der Waals surface area contributed by atoms with E-state index in [2.05, 4.69) is 126 Å². The molecule has 50 heavy (non-hydrogen) atoms. The summed E-state index contributed by atoms with van der Waals surface area (Å²) in [6.45, 7) is 15.6. The van der Waals surface area contributed by atoms with Crippen molar-refractivity contribution in [3.8, 4) is 34.1 Å². The van der Waals surface area contributed by atoms with Crippen molar-refractivity contribution in [3.05, 3.63) is 132 Å². The van der Waals surface area contributed by atoms with Crippen molar-refractivity contribution in [2.45, 2.75) is 67.7 Å². The van der Waals surface area contributed by atoms with Crippen molar-refractivity contribution >= 4 is 21.8 Å². The fourth-order valence-corrected chi connectivity index (χ4v) is 6.76. The van der Waals surface area contributed by atoms with Gasteiger partial charge in [0.05, 0.1) is 5.69 Å². The maximum Gasteiger partial charge on any atom is 2.00 e. The molecule has 4 aromatic carbocycles. The van der Waals surface area contributed by atoms with Crippen LogP contribution in [0.2, 0.25) is 0 Å². The molecule has 0 N–H and O–H groups in total. The molecule has 7 rings (SSSR count). The third-order valence-corrected chi connectivity index (χ3v) is 9.12. The van der Waals surface area contributed by atoms with Gasteiger partial charge in [0.2, 0.25) is 0 Å². The molecule has 0 radical (unpaired) electrons. The summed E-state index contributed by atoms with van der Waals surface area (Å²) in [6.07, 6.45) is 5.07. The third-order valence-electron chi connectivity index (χ3n) is 9.12. The van der Waals surface area contributed by atoms with Gasteiger partial charge < -0.3 is 9.30 Å². The summed E-state index contributed by atoms with van der Waals surface area (Å²) in [6, 6.07) is 38.8. The predicted octanol–water partition coefficient (Wildman–Crippen LogP) is 11.2. The van der Waals surface area contributed by atoms with Crippen LogP contribution in [0.25, 0.3) is 44.4 Å². The van der Waals surface area contributed by atoms with E-state index in [0.717, 1.165) is 69.7 Å². The maximum absolute atomic E-state index is 6.49. The van der Waals surface area contributed by atoms with Crippen molar-refractivity contribution in [2.24, 2.45) is 11.3 Å². The summed E-state index contributed by atoms with van der Waals surface area (Å²) >= 11 is 0. The van der Waals surface area contributed by atoms with Gasteiger partial charge >= 0.3 is 21.1 Å². The second-order valence-electron chi connectivity index (χ2n) is 14.8. The minimum Gasteiger partial charge on any atom is -0.509 e. The fraction of sp³-hybridized carbons (Fsp3) is 0.273. The number of nitrogens with zero attached hydrogens (tertiary/aromatic N) is 4. The summed E-state index contributed by atoms with van der Waals surface area (Å²) in [4.78, 5) is 4.88. The van der Waals surface area contributed by atoms with Crippen molar-refractivity contribution < 1.29 is 25.8 Å². The molecule has 6 heteroatoms. The monoisotopic (exact) mass is 839 g/mol. The minimum atomic E-state index is 0. The first-order valence-electron chi connectivity index (χ1n) is 17.3. The second kappa shape index (κ2) is 14.4. The molecule has 0 fully saturated rings. The van der Waals surface area contributed by atoms with Gasteiger partial charge in [-0.3, -0.25) is 4.68 Å². The molecule has 0 saturated heterocycles. The first kappa shape index (κ1) is 35.4. The van der Waals surface area contributed by atoms with Crippen LogP contribution >= 0.6 is 0 Å². The molecular weight excluding hydrogens is 796 g/mol. The molecule has 0 atom stereocenters. The molecule has 0 saturated carbocycles. The first-order valence-corrected chi connectivity index (χ1v) is 17.3. The van der Waals surface area contributed by atoms with Crippen LogP contribution in [0.4, 0.5) is 0 Å². The Morgan fingerprint density at radius 3 is 2.34 bits per heavy atom. The van der Waals surface area contributed by atoms with E-state index in [4.69, 9.17) is 14.8 Å². The van der Waals surface area contributed by atoms with Crippen LogP contribution in [-0.4, -0.2) is 19.3 Å². The Morgan fingerprint density at radius 1 is 0.800 bits per heavy atom. The van der Waals surface area contributed by atoms with Crippen molar-refractivity contribution in [1.29, 1.82) is 0 Å². The van der Waals surface area contributed by atoms with E-state index < -0.39 is 0 Å². The van der Waals surface area contributed by atoms with Crippen LogP contribution in [0.5, 0.6) is 11.5 Å². The SMILES string of the molecule is Cc1nn(-c2[c-]c(Oc3[c-]c4c(cc3)c3cc(CC(C)C)ccc3n4-c3cc(CCC(C)(C)C)ccn3)ccc2)c(C)c1-c1ccccc1.[Pt+2]. The van der Waals surface area contributed by atoms with Crippen LogP contribution < -0.4 is 4.74 Å². The van der Waals surface area contributed by atoms with Gasteiger partial charge in [0.25, 0.3) is 0 Å². The van der Waals surface area contributed by atoms with E-state index in [1.54, 1.807) is 0 Å². The molecule has 0 amide bonds. The Morgan fingerprint density at radius 2 is 1.58 bits per heavy atom. The molecule has 5 nitrogen and oxygen atoms in total. The fourth-order valence-electron chi connectivity index (χ4n) is 6.76. The summed E-state index contributed by atoms with van der Waals surface area (Å²) in [5, 5.41) is 7.21. The Bertz CT molecular complexity index is 2270. The number of hydrogen-bond donors (Lipinski definition) is 0. The number of ether oxygens (including phenoxy) is 1. The smallest absolute Gasteiger partial charge is 0.509 e. The molecule has 0 aliphatic carbocycles. The van der Waals surface area contributed by atoms with Gasteiger partial charge in [-0.15, -0.1) is 35.7 Å². The molecule has 0 bridgehead atoms. The largest absolute Gasteiger partial charge is 2.00 e. The van der Waals surface area contributed by atoms with Crippen LogP contribution in [0.15, 0.2) is 97.2 Å². The van der Waals surface area contributed by atoms with Crippen LogP contribution in [0, 0.1) is 37.3 Å². The maximum atomic E-state index is 6.49. The average Bonchev–Trinajstić information content (AvgIpc) is 3.56. The topological polar surface area (TPSA) is 44.9 Å². The molecule has 7 aromatic rings. The van der Waals surface area contributed by atoms with E-state index in [1.165, 1.54) is 16.5 Å². The first-order chi connectivity index (χ1) is 23.5. The summed E-state index contributed by atoms with van der Waals surface area (Å²) in [5.41, 5.74) is 10.1. The number of hydrogen-bond acceptors (Lipinski definition) is 3. The number of aromatic nitrogens is 4. The average molecular weight is 840 g/mol. The van der Waals surface area contributed by atoms with E-state index in [9.17, 15) is 0 Å². The molecule has 0 aliphatic rings. The number of benzene rings is 4. The molecule has 256 valence electrons. The Balaban J connectivity index is 0.00000432. The van der Waals surface area contributed by atoms with Gasteiger partial charge in [0.1, 0.15) is 5.82 Å². The summed E-state index contributed by atoms with van der Waals surface area (Å²) in [7, 11) is 0. The second-order valence-corrected chi connectivity index (χ2v) is 14.8. The number of fused-ring (bicyclic) bond motifs is 3. The van der Waals surface area contributed by atoms with Gasteiger partial charge in [0.15, 0.2) is 0 Å². The van der Waals surface area contributed by atoms with Crippen molar-refractivity contribution in [3.63, 3.8) is 0 Å². The predicted molar refractivity (Wildman–Crippen MR) is 201 cm³/mol. The van der Waals surface area contributed by atoms with Gasteiger partial charge in [-0.2, -0.15) is 17.2 Å². The molecular formula is C44H44N4OPt. The molecule has 0 unspecified atom stereocenters. The molecule has 3 heterocycles. The quantitative estimate of drug-likeness (QED) is 0.136. The van der Waals surface area contributed by atoms with Gasteiger partial charge in [-0.1, -0.05) is 82.6 Å². The Hall–Kier alpha value is -4.47. The zero-order valence-corrected chi connectivity index (χ0v) is 32.2. The molecule has 0 spiro atoms. The zero-order valence-electron chi connectivity index (χ0n) is 29.9. The van der Waals surface area contributed by atoms with E-state index >= 15 is 0 Å². The number of rotatable bonds is 9. The van der Waals surface area contributed by atoms with Gasteiger partial charge in [0, 0.05) is 34.5 Å². The number of aryl methyl sites for hydroxylation is 2. The molecule has 0 aliphatic heterocycles. The Labute approximate surface area is 310 Å². The summed E-state index contributed by atoms with van der Waals surface area (Å²) < 4.78 is 10.7. The standard InChI is InChI=1S/C44H44N4O.Pt/c1-29(2)24-33-16-19-40-39(25-33)38-18-17-37(28-41(38)47(40)42-26-32(21-23-45-42)20-22-44(5,6)7)49-36-15-11-14-35(27-36)48-31(4)43(30(3)46-48)34-12-9-8-10-13-34;/h8-19,21,23,25-26,29H,20,22,24H2,1-7H3;/q-2;+2. The zero-order chi connectivity index (χ0) is 34.3. The van der Waals surface area contributed by atoms with E-state index in [1.807, 2.05) is 41.2 Å². The third kappa shape index (κ3) is 7.35. The van der Waals surface area contributed by atoms with Crippen molar-refractivity contribution in [2.75, 3.05) is 0 Å². The minimum absolute atomic E-state index is 0. The van der Waals surface area contributed by atoms with E-state index in [0.29, 0.717) is 17.4 Å².